The van der Waals surface area contributed by atoms with Gasteiger partial charge in [0.1, 0.15) is 29.2 Å². The van der Waals surface area contributed by atoms with Gasteiger partial charge in [0, 0.05) is 56.8 Å². The van der Waals surface area contributed by atoms with E-state index in [1.54, 1.807) is 17.0 Å². The quantitative estimate of drug-likeness (QED) is 0.203. The number of pyridine rings is 1. The lowest BCUT2D eigenvalue weighted by molar-refractivity contribution is -0.136. The predicted molar refractivity (Wildman–Crippen MR) is 200 cm³/mol. The lowest BCUT2D eigenvalue weighted by Gasteiger charge is -2.34. The Bertz CT molecular complexity index is 2360. The second-order valence-electron chi connectivity index (χ2n) is 14.2. The van der Waals surface area contributed by atoms with Gasteiger partial charge in [-0.15, -0.1) is 5.10 Å². The highest BCUT2D eigenvalue weighted by Crippen LogP contribution is 2.36. The van der Waals surface area contributed by atoms with Crippen LogP contribution >= 0.6 is 0 Å². The fourth-order valence-electron chi connectivity index (χ4n) is 8.06. The highest BCUT2D eigenvalue weighted by Gasteiger charge is 2.39. The molecule has 54 heavy (non-hydrogen) atoms. The number of benzene rings is 2. The lowest BCUT2D eigenvalue weighted by atomic mass is 10.0. The van der Waals surface area contributed by atoms with Gasteiger partial charge in [-0.05, 0) is 78.9 Å². The molecule has 0 bridgehead atoms. The summed E-state index contributed by atoms with van der Waals surface area (Å²) in [5, 5.41) is 7.36. The molecular formula is C41H38FN9O3. The van der Waals surface area contributed by atoms with Crippen molar-refractivity contribution in [2.45, 2.75) is 44.3 Å². The SMILES string of the molecule is O=C1CCC(N2Cc3ccc(C#CCN4CCN(c5cccc(-c6cnc7ccc(N8CCC[C@@H]8c8cccc(F)c8)nn67)n5)CC4)cc3C2=O)C(=O)N1. The summed E-state index contributed by atoms with van der Waals surface area (Å²) in [5.41, 5.74) is 5.47. The highest BCUT2D eigenvalue weighted by molar-refractivity contribution is 6.05. The van der Waals surface area contributed by atoms with E-state index in [0.29, 0.717) is 25.1 Å². The van der Waals surface area contributed by atoms with E-state index in [9.17, 15) is 18.8 Å². The van der Waals surface area contributed by atoms with Gasteiger partial charge in [0.15, 0.2) is 5.65 Å². The molecule has 3 aromatic heterocycles. The molecule has 0 spiro atoms. The van der Waals surface area contributed by atoms with Crippen LogP contribution < -0.4 is 15.1 Å². The van der Waals surface area contributed by atoms with E-state index in [4.69, 9.17) is 10.1 Å². The molecule has 4 aliphatic heterocycles. The Labute approximate surface area is 311 Å². The van der Waals surface area contributed by atoms with Crippen LogP contribution in [0.3, 0.4) is 0 Å². The number of hydrogen-bond donors (Lipinski definition) is 1. The molecule has 7 heterocycles. The lowest BCUT2D eigenvalue weighted by Crippen LogP contribution is -2.52. The Morgan fingerprint density at radius 1 is 0.852 bits per heavy atom. The zero-order valence-corrected chi connectivity index (χ0v) is 29.6. The molecule has 2 atom stereocenters. The maximum absolute atomic E-state index is 14.1. The van der Waals surface area contributed by atoms with Gasteiger partial charge < -0.3 is 14.7 Å². The van der Waals surface area contributed by atoms with Gasteiger partial charge in [-0.25, -0.2) is 18.9 Å². The van der Waals surface area contributed by atoms with E-state index in [2.05, 4.69) is 36.8 Å². The summed E-state index contributed by atoms with van der Waals surface area (Å²) < 4.78 is 15.9. The van der Waals surface area contributed by atoms with Crippen molar-refractivity contribution in [1.82, 2.24) is 34.7 Å². The summed E-state index contributed by atoms with van der Waals surface area (Å²) in [6.07, 6.45) is 4.33. The summed E-state index contributed by atoms with van der Waals surface area (Å²) in [6.45, 7) is 5.05. The zero-order chi connectivity index (χ0) is 36.8. The summed E-state index contributed by atoms with van der Waals surface area (Å²) in [5.74, 6) is 7.09. The van der Waals surface area contributed by atoms with Gasteiger partial charge in [0.2, 0.25) is 11.8 Å². The van der Waals surface area contributed by atoms with E-state index in [1.165, 1.54) is 6.07 Å². The molecule has 4 aliphatic rings. The predicted octanol–water partition coefficient (Wildman–Crippen LogP) is 4.21. The van der Waals surface area contributed by atoms with E-state index >= 15 is 0 Å². The van der Waals surface area contributed by atoms with Crippen LogP contribution in [0.15, 0.2) is 79.0 Å². The molecule has 3 fully saturated rings. The molecule has 9 rings (SSSR count). The number of nitrogens with zero attached hydrogens (tertiary/aromatic N) is 8. The number of imide groups is 1. The number of carbonyl (C=O) groups excluding carboxylic acids is 3. The highest BCUT2D eigenvalue weighted by atomic mass is 19.1. The number of aromatic nitrogens is 4. The van der Waals surface area contributed by atoms with Crippen LogP contribution in [-0.4, -0.2) is 92.4 Å². The van der Waals surface area contributed by atoms with Crippen molar-refractivity contribution in [2.24, 2.45) is 0 Å². The van der Waals surface area contributed by atoms with Gasteiger partial charge in [-0.1, -0.05) is 36.1 Å². The molecule has 13 heteroatoms. The number of halogens is 1. The smallest absolute Gasteiger partial charge is 0.255 e. The fraction of sp³-hybridized carbons (Fsp3) is 0.317. The summed E-state index contributed by atoms with van der Waals surface area (Å²) >= 11 is 0. The number of carbonyl (C=O) groups is 3. The third-order valence-corrected chi connectivity index (χ3v) is 10.9. The van der Waals surface area contributed by atoms with Gasteiger partial charge in [0.05, 0.1) is 24.5 Å². The molecule has 3 amide bonds. The summed E-state index contributed by atoms with van der Waals surface area (Å²) in [6, 6.07) is 21.9. The molecule has 5 aromatic rings. The van der Waals surface area contributed by atoms with Crippen LogP contribution in [0, 0.1) is 17.7 Å². The first kappa shape index (κ1) is 33.7. The number of piperazine rings is 1. The second-order valence-corrected chi connectivity index (χ2v) is 14.2. The van der Waals surface area contributed by atoms with Gasteiger partial charge >= 0.3 is 0 Å². The van der Waals surface area contributed by atoms with Crippen molar-refractivity contribution in [3.8, 4) is 23.2 Å². The number of imidazole rings is 1. The minimum atomic E-state index is -0.631. The van der Waals surface area contributed by atoms with Gasteiger partial charge in [0.25, 0.3) is 5.91 Å². The number of anilines is 2. The minimum absolute atomic E-state index is 0.0633. The molecule has 12 nitrogen and oxygen atoms in total. The van der Waals surface area contributed by atoms with Crippen molar-refractivity contribution < 1.29 is 18.8 Å². The number of rotatable bonds is 6. The van der Waals surface area contributed by atoms with Crippen molar-refractivity contribution in [3.63, 3.8) is 0 Å². The van der Waals surface area contributed by atoms with Crippen molar-refractivity contribution >= 4 is 35.0 Å². The first-order valence-corrected chi connectivity index (χ1v) is 18.5. The molecule has 0 saturated carbocycles. The first-order chi connectivity index (χ1) is 26.4. The molecule has 1 unspecified atom stereocenters. The number of fused-ring (bicyclic) bond motifs is 2. The molecule has 3 saturated heterocycles. The van der Waals surface area contributed by atoms with Gasteiger partial charge in [-0.3, -0.25) is 24.6 Å². The normalized spacial score (nSPS) is 20.3. The second kappa shape index (κ2) is 14.0. The third-order valence-electron chi connectivity index (χ3n) is 10.9. The molecule has 0 aliphatic carbocycles. The van der Waals surface area contributed by atoms with E-state index in [0.717, 1.165) is 90.9 Å². The first-order valence-electron chi connectivity index (χ1n) is 18.5. The van der Waals surface area contributed by atoms with E-state index in [1.807, 2.05) is 65.3 Å². The Kier molecular flexibility index (Phi) is 8.75. The molecule has 1 N–H and O–H groups in total. The monoisotopic (exact) mass is 723 g/mol. The van der Waals surface area contributed by atoms with Crippen LogP contribution in [0.2, 0.25) is 0 Å². The molecular weight excluding hydrogens is 686 g/mol. The standard InChI is InChI=1S/C41H38FN9O3/c42-30-7-1-6-28(24-30)33-9-4-18-49(33)38-15-14-36-43-25-35(51(36)46-38)32-8-2-10-37(44-32)48-21-19-47(20-22-48)17-3-5-27-11-12-29-26-50(41(54)31(29)23-27)34-13-16-39(52)45-40(34)53/h1-2,6-8,10-12,14-15,23-25,33-34H,4,9,13,16-22,26H2,(H,45,52,53)/t33-,34?/m1/s1. The average molecular weight is 724 g/mol. The van der Waals surface area contributed by atoms with Gasteiger partial charge in [-0.2, -0.15) is 0 Å². The number of amides is 3. The Balaban J connectivity index is 0.837. The van der Waals surface area contributed by atoms with Crippen LogP contribution in [0.1, 0.15) is 58.8 Å². The largest absolute Gasteiger partial charge is 0.354 e. The average Bonchev–Trinajstić information content (AvgIpc) is 3.93. The van der Waals surface area contributed by atoms with Crippen LogP contribution in [0.4, 0.5) is 16.0 Å². The summed E-state index contributed by atoms with van der Waals surface area (Å²) in [4.78, 5) is 55.2. The topological polar surface area (TPSA) is 119 Å². The zero-order valence-electron chi connectivity index (χ0n) is 29.6. The number of nitrogens with one attached hydrogen (secondary N) is 1. The molecule has 272 valence electrons. The van der Waals surface area contributed by atoms with E-state index in [-0.39, 0.29) is 30.1 Å². The van der Waals surface area contributed by atoms with Crippen LogP contribution in [-0.2, 0) is 16.1 Å². The maximum Gasteiger partial charge on any atom is 0.255 e. The van der Waals surface area contributed by atoms with E-state index < -0.39 is 11.9 Å². The van der Waals surface area contributed by atoms with Crippen molar-refractivity contribution in [3.05, 3.63) is 107 Å². The maximum atomic E-state index is 14.1. The number of piperidine rings is 1. The van der Waals surface area contributed by atoms with Crippen molar-refractivity contribution in [2.75, 3.05) is 49.1 Å². The molecule has 2 aromatic carbocycles. The third kappa shape index (κ3) is 6.43. The minimum Gasteiger partial charge on any atom is -0.354 e. The van der Waals surface area contributed by atoms with Crippen LogP contribution in [0.25, 0.3) is 17.0 Å². The van der Waals surface area contributed by atoms with Crippen LogP contribution in [0.5, 0.6) is 0 Å². The molecule has 0 radical (unpaired) electrons. The Morgan fingerprint density at radius 3 is 2.57 bits per heavy atom. The Hall–Kier alpha value is -6.13. The van der Waals surface area contributed by atoms with Crippen molar-refractivity contribution in [1.29, 1.82) is 0 Å². The summed E-state index contributed by atoms with van der Waals surface area (Å²) in [7, 11) is 0. The fourth-order valence-corrected chi connectivity index (χ4v) is 8.06. The Morgan fingerprint density at radius 2 is 1.72 bits per heavy atom. The number of hydrogen-bond acceptors (Lipinski definition) is 9.